The van der Waals surface area contributed by atoms with Crippen LogP contribution >= 0.6 is 11.6 Å². The molecule has 1 N–H and O–H groups in total. The Hall–Kier alpha value is -3.18. The molecule has 6 heteroatoms. The number of carbonyl (C=O) groups excluding carboxylic acids is 2. The maximum atomic E-state index is 13.2. The lowest BCUT2D eigenvalue weighted by molar-refractivity contribution is -0.153. The number of amides is 1. The summed E-state index contributed by atoms with van der Waals surface area (Å²) in [5.41, 5.74) is 1.76. The van der Waals surface area contributed by atoms with Gasteiger partial charge in [0.05, 0.1) is 10.7 Å². The first-order chi connectivity index (χ1) is 14.0. The second-order valence-corrected chi connectivity index (χ2v) is 6.85. The smallest absolute Gasteiger partial charge is 0.318 e. The van der Waals surface area contributed by atoms with E-state index in [1.54, 1.807) is 0 Å². The maximum Gasteiger partial charge on any atom is 0.318 e. The molecule has 1 amide bonds. The van der Waals surface area contributed by atoms with Crippen LogP contribution < -0.4 is 5.32 Å². The number of rotatable bonds is 6. The lowest BCUT2D eigenvalue weighted by Crippen LogP contribution is -2.32. The van der Waals surface area contributed by atoms with E-state index >= 15 is 0 Å². The minimum absolute atomic E-state index is 0.0586. The van der Waals surface area contributed by atoms with Gasteiger partial charge in [-0.1, -0.05) is 72.3 Å². The van der Waals surface area contributed by atoms with Gasteiger partial charge in [0.15, 0.2) is 6.10 Å². The van der Waals surface area contributed by atoms with Crippen molar-refractivity contribution in [1.82, 2.24) is 0 Å². The van der Waals surface area contributed by atoms with Gasteiger partial charge in [-0.15, -0.1) is 0 Å². The predicted molar refractivity (Wildman–Crippen MR) is 110 cm³/mol. The van der Waals surface area contributed by atoms with Crippen LogP contribution in [-0.4, -0.2) is 18.0 Å². The summed E-state index contributed by atoms with van der Waals surface area (Å²) < 4.78 is 18.6. The quantitative estimate of drug-likeness (QED) is 0.568. The summed E-state index contributed by atoms with van der Waals surface area (Å²) in [4.78, 5) is 25.4. The van der Waals surface area contributed by atoms with Crippen LogP contribution in [0, 0.1) is 5.82 Å². The molecule has 0 unspecified atom stereocenters. The van der Waals surface area contributed by atoms with Crippen molar-refractivity contribution < 1.29 is 18.7 Å². The van der Waals surface area contributed by atoms with Crippen LogP contribution in [0.15, 0.2) is 78.9 Å². The average Bonchev–Trinajstić information content (AvgIpc) is 2.71. The molecule has 0 spiro atoms. The van der Waals surface area contributed by atoms with Crippen LogP contribution in [0.5, 0.6) is 0 Å². The van der Waals surface area contributed by atoms with E-state index in [-0.39, 0.29) is 10.7 Å². The molecule has 0 heterocycles. The number of ether oxygens (including phenoxy) is 1. The average molecular weight is 412 g/mol. The first-order valence-corrected chi connectivity index (χ1v) is 9.40. The first-order valence-electron chi connectivity index (χ1n) is 9.02. The molecule has 0 bridgehead atoms. The van der Waals surface area contributed by atoms with Gasteiger partial charge in [-0.25, -0.2) is 4.39 Å². The third-order valence-electron chi connectivity index (χ3n) is 4.35. The first kappa shape index (κ1) is 20.6. The molecule has 0 fully saturated rings. The highest BCUT2D eigenvalue weighted by Crippen LogP contribution is 2.27. The second-order valence-electron chi connectivity index (χ2n) is 6.45. The van der Waals surface area contributed by atoms with E-state index in [0.29, 0.717) is 0 Å². The van der Waals surface area contributed by atoms with E-state index in [2.05, 4.69) is 5.32 Å². The lowest BCUT2D eigenvalue weighted by Gasteiger charge is -2.20. The van der Waals surface area contributed by atoms with Gasteiger partial charge in [-0.05, 0) is 36.2 Å². The van der Waals surface area contributed by atoms with Crippen LogP contribution in [-0.2, 0) is 14.3 Å². The molecular formula is C23H19ClFNO3. The zero-order valence-corrected chi connectivity index (χ0v) is 16.4. The second kappa shape index (κ2) is 9.34. The van der Waals surface area contributed by atoms with Crippen molar-refractivity contribution in [1.29, 1.82) is 0 Å². The number of hydrogen-bond acceptors (Lipinski definition) is 3. The molecular weight excluding hydrogens is 393 g/mol. The largest absolute Gasteiger partial charge is 0.452 e. The standard InChI is InChI=1S/C23H19ClFNO3/c1-15(22(27)26-20-13-12-18(25)14-19(20)24)29-23(28)21(16-8-4-2-5-9-16)17-10-6-3-7-11-17/h2-15,21H,1H3,(H,26,27)/t15-/m1/s1. The summed E-state index contributed by atoms with van der Waals surface area (Å²) in [6.07, 6.45) is -1.07. The van der Waals surface area contributed by atoms with Crippen LogP contribution in [0.3, 0.4) is 0 Å². The van der Waals surface area contributed by atoms with Crippen LogP contribution in [0.2, 0.25) is 5.02 Å². The molecule has 3 aromatic carbocycles. The summed E-state index contributed by atoms with van der Waals surface area (Å²) in [6.45, 7) is 1.47. The summed E-state index contributed by atoms with van der Waals surface area (Å²) in [5.74, 6) is -2.29. The molecule has 4 nitrogen and oxygen atoms in total. The molecule has 3 aromatic rings. The Morgan fingerprint density at radius 2 is 1.48 bits per heavy atom. The third kappa shape index (κ3) is 5.21. The molecule has 0 aliphatic carbocycles. The summed E-state index contributed by atoms with van der Waals surface area (Å²) in [5, 5.41) is 2.60. The molecule has 0 aliphatic heterocycles. The van der Waals surface area contributed by atoms with Crippen molar-refractivity contribution >= 4 is 29.2 Å². The van der Waals surface area contributed by atoms with E-state index in [1.165, 1.54) is 19.1 Å². The van der Waals surface area contributed by atoms with Gasteiger partial charge in [0, 0.05) is 0 Å². The molecule has 3 rings (SSSR count). The topological polar surface area (TPSA) is 55.4 Å². The summed E-state index contributed by atoms with van der Waals surface area (Å²) in [7, 11) is 0. The van der Waals surface area contributed by atoms with Crippen molar-refractivity contribution in [3.63, 3.8) is 0 Å². The lowest BCUT2D eigenvalue weighted by atomic mass is 9.91. The Bertz CT molecular complexity index is 956. The Kier molecular flexibility index (Phi) is 6.62. The normalized spacial score (nSPS) is 11.7. The van der Waals surface area contributed by atoms with Gasteiger partial charge in [0.25, 0.3) is 5.91 Å². The number of esters is 1. The summed E-state index contributed by atoms with van der Waals surface area (Å²) >= 11 is 5.93. The fourth-order valence-electron chi connectivity index (χ4n) is 2.88. The Balaban J connectivity index is 1.76. The Labute approximate surface area is 173 Å². The Morgan fingerprint density at radius 1 is 0.931 bits per heavy atom. The molecule has 0 radical (unpaired) electrons. The number of nitrogens with one attached hydrogen (secondary N) is 1. The van der Waals surface area contributed by atoms with Gasteiger partial charge < -0.3 is 10.1 Å². The van der Waals surface area contributed by atoms with Gasteiger partial charge in [0.2, 0.25) is 0 Å². The fraction of sp³-hybridized carbons (Fsp3) is 0.130. The SMILES string of the molecule is C[C@@H](OC(=O)C(c1ccccc1)c1ccccc1)C(=O)Nc1ccc(F)cc1Cl. The van der Waals surface area contributed by atoms with E-state index < -0.39 is 29.7 Å². The van der Waals surface area contributed by atoms with Crippen molar-refractivity contribution in [2.75, 3.05) is 5.32 Å². The van der Waals surface area contributed by atoms with Crippen molar-refractivity contribution in [2.24, 2.45) is 0 Å². The highest BCUT2D eigenvalue weighted by atomic mass is 35.5. The monoisotopic (exact) mass is 411 g/mol. The van der Waals surface area contributed by atoms with E-state index in [1.807, 2.05) is 60.7 Å². The van der Waals surface area contributed by atoms with Crippen molar-refractivity contribution in [3.8, 4) is 0 Å². The van der Waals surface area contributed by atoms with Crippen LogP contribution in [0.4, 0.5) is 10.1 Å². The highest BCUT2D eigenvalue weighted by Gasteiger charge is 2.28. The van der Waals surface area contributed by atoms with Gasteiger partial charge in [-0.2, -0.15) is 0 Å². The highest BCUT2D eigenvalue weighted by molar-refractivity contribution is 6.33. The maximum absolute atomic E-state index is 13.2. The van der Waals surface area contributed by atoms with Crippen molar-refractivity contribution in [2.45, 2.75) is 18.9 Å². The number of hydrogen-bond donors (Lipinski definition) is 1. The zero-order valence-electron chi connectivity index (χ0n) is 15.6. The van der Waals surface area contributed by atoms with Gasteiger partial charge in [0.1, 0.15) is 11.7 Å². The molecule has 0 aliphatic rings. The van der Waals surface area contributed by atoms with Gasteiger partial charge in [-0.3, -0.25) is 9.59 Å². The number of carbonyl (C=O) groups is 2. The van der Waals surface area contributed by atoms with Gasteiger partial charge >= 0.3 is 5.97 Å². The molecule has 0 aromatic heterocycles. The van der Waals surface area contributed by atoms with Crippen LogP contribution in [0.25, 0.3) is 0 Å². The number of halogens is 2. The number of anilines is 1. The number of benzene rings is 3. The van der Waals surface area contributed by atoms with Crippen molar-refractivity contribution in [3.05, 3.63) is 101 Å². The fourth-order valence-corrected chi connectivity index (χ4v) is 3.09. The zero-order chi connectivity index (χ0) is 20.8. The van der Waals surface area contributed by atoms with Crippen LogP contribution in [0.1, 0.15) is 24.0 Å². The third-order valence-corrected chi connectivity index (χ3v) is 4.67. The molecule has 0 saturated heterocycles. The van der Waals surface area contributed by atoms with E-state index in [4.69, 9.17) is 16.3 Å². The minimum atomic E-state index is -1.07. The molecule has 0 saturated carbocycles. The molecule has 1 atom stereocenters. The minimum Gasteiger partial charge on any atom is -0.452 e. The Morgan fingerprint density at radius 3 is 2.00 bits per heavy atom. The molecule has 29 heavy (non-hydrogen) atoms. The van der Waals surface area contributed by atoms with E-state index in [0.717, 1.165) is 17.2 Å². The van der Waals surface area contributed by atoms with E-state index in [9.17, 15) is 14.0 Å². The predicted octanol–water partition coefficient (Wildman–Crippen LogP) is 5.18. The summed E-state index contributed by atoms with van der Waals surface area (Å²) in [6, 6.07) is 22.0. The molecule has 148 valence electrons.